The van der Waals surface area contributed by atoms with E-state index < -0.39 is 0 Å². The topological polar surface area (TPSA) is 26.8 Å². The summed E-state index contributed by atoms with van der Waals surface area (Å²) in [5, 5.41) is 1.57. The standard InChI is InChI=1S/C25H31Cl2N3O/c1-28-23(11-14-30(25(28)31)17-20-5-3-2-4-6-20)18-29-12-9-19(10-13-29)15-21-16-22(26)7-8-24(21)27/h2-8,16,19,23H,9-15,17-18H2,1H3. The molecule has 2 aromatic carbocycles. The number of rotatable bonds is 6. The average molecular weight is 460 g/mol. The van der Waals surface area contributed by atoms with Crippen molar-refractivity contribution in [2.45, 2.75) is 38.3 Å². The van der Waals surface area contributed by atoms with E-state index in [9.17, 15) is 4.79 Å². The van der Waals surface area contributed by atoms with Crippen molar-refractivity contribution in [3.8, 4) is 0 Å². The minimum absolute atomic E-state index is 0.144. The molecular weight excluding hydrogens is 429 g/mol. The highest BCUT2D eigenvalue weighted by Crippen LogP contribution is 2.28. The van der Waals surface area contributed by atoms with Crippen molar-refractivity contribution in [3.63, 3.8) is 0 Å². The number of benzene rings is 2. The Morgan fingerprint density at radius 1 is 0.968 bits per heavy atom. The highest BCUT2D eigenvalue weighted by atomic mass is 35.5. The summed E-state index contributed by atoms with van der Waals surface area (Å²) in [5.74, 6) is 0.638. The number of carbonyl (C=O) groups excluding carboxylic acids is 1. The molecule has 2 saturated heterocycles. The first-order valence-electron chi connectivity index (χ1n) is 11.2. The molecule has 0 aromatic heterocycles. The second-order valence-electron chi connectivity index (χ2n) is 8.93. The molecule has 1 unspecified atom stereocenters. The Labute approximate surface area is 195 Å². The van der Waals surface area contributed by atoms with E-state index in [1.54, 1.807) is 0 Å². The van der Waals surface area contributed by atoms with Crippen LogP contribution in [0.4, 0.5) is 4.79 Å². The van der Waals surface area contributed by atoms with Gasteiger partial charge in [0.1, 0.15) is 0 Å². The second-order valence-corrected chi connectivity index (χ2v) is 9.77. The van der Waals surface area contributed by atoms with Crippen LogP contribution in [0.25, 0.3) is 0 Å². The first kappa shape index (κ1) is 22.4. The average Bonchev–Trinajstić information content (AvgIpc) is 2.78. The third-order valence-electron chi connectivity index (χ3n) is 6.76. The fraction of sp³-hybridized carbons (Fsp3) is 0.480. The minimum atomic E-state index is 0.144. The number of urea groups is 1. The van der Waals surface area contributed by atoms with Crippen molar-refractivity contribution in [2.75, 3.05) is 33.2 Å². The summed E-state index contributed by atoms with van der Waals surface area (Å²) in [6.45, 7) is 4.64. The molecule has 2 aromatic rings. The third kappa shape index (κ3) is 5.74. The van der Waals surface area contributed by atoms with Crippen molar-refractivity contribution in [3.05, 3.63) is 69.7 Å². The molecule has 1 atom stereocenters. The predicted octanol–water partition coefficient (Wildman–Crippen LogP) is 5.57. The van der Waals surface area contributed by atoms with E-state index in [4.69, 9.17) is 23.2 Å². The molecular formula is C25H31Cl2N3O. The summed E-state index contributed by atoms with van der Waals surface area (Å²) in [6.07, 6.45) is 4.33. The summed E-state index contributed by atoms with van der Waals surface area (Å²) >= 11 is 12.5. The van der Waals surface area contributed by atoms with E-state index in [1.165, 1.54) is 5.56 Å². The van der Waals surface area contributed by atoms with Crippen LogP contribution in [0.5, 0.6) is 0 Å². The Kier molecular flexibility index (Phi) is 7.42. The summed E-state index contributed by atoms with van der Waals surface area (Å²) in [4.78, 5) is 19.3. The quantitative estimate of drug-likeness (QED) is 0.563. The van der Waals surface area contributed by atoms with Gasteiger partial charge in [0.25, 0.3) is 0 Å². The molecule has 0 spiro atoms. The van der Waals surface area contributed by atoms with Gasteiger partial charge in [-0.25, -0.2) is 4.79 Å². The van der Waals surface area contributed by atoms with Crippen LogP contribution in [0.15, 0.2) is 48.5 Å². The van der Waals surface area contributed by atoms with Gasteiger partial charge in [-0.15, -0.1) is 0 Å². The maximum Gasteiger partial charge on any atom is 0.320 e. The monoisotopic (exact) mass is 459 g/mol. The Morgan fingerprint density at radius 3 is 2.45 bits per heavy atom. The molecule has 2 aliphatic heterocycles. The number of nitrogens with zero attached hydrogens (tertiary/aromatic N) is 3. The van der Waals surface area contributed by atoms with Crippen LogP contribution in [0, 0.1) is 5.92 Å². The number of halogens is 2. The van der Waals surface area contributed by atoms with E-state index in [2.05, 4.69) is 17.0 Å². The number of likely N-dealkylation sites (tertiary alicyclic amines) is 1. The molecule has 2 amide bonds. The molecule has 0 saturated carbocycles. The van der Waals surface area contributed by atoms with E-state index in [1.807, 2.05) is 53.2 Å². The number of amides is 2. The molecule has 0 radical (unpaired) electrons. The molecule has 166 valence electrons. The number of piperidine rings is 1. The van der Waals surface area contributed by atoms with E-state index in [0.29, 0.717) is 18.5 Å². The van der Waals surface area contributed by atoms with E-state index in [0.717, 1.165) is 67.5 Å². The second kappa shape index (κ2) is 10.2. The Morgan fingerprint density at radius 2 is 1.71 bits per heavy atom. The van der Waals surface area contributed by atoms with Crippen LogP contribution in [-0.2, 0) is 13.0 Å². The fourth-order valence-electron chi connectivity index (χ4n) is 4.82. The highest BCUT2D eigenvalue weighted by Gasteiger charge is 2.32. The number of hydrogen-bond donors (Lipinski definition) is 0. The highest BCUT2D eigenvalue weighted by molar-refractivity contribution is 6.33. The molecule has 31 heavy (non-hydrogen) atoms. The van der Waals surface area contributed by atoms with Crippen LogP contribution >= 0.6 is 23.2 Å². The summed E-state index contributed by atoms with van der Waals surface area (Å²) in [7, 11) is 1.96. The SMILES string of the molecule is CN1C(=O)N(Cc2ccccc2)CCC1CN1CCC(Cc2cc(Cl)ccc2Cl)CC1. The largest absolute Gasteiger partial charge is 0.323 e. The van der Waals surface area contributed by atoms with Gasteiger partial charge < -0.3 is 14.7 Å². The smallest absolute Gasteiger partial charge is 0.320 e. The molecule has 0 bridgehead atoms. The third-order valence-corrected chi connectivity index (χ3v) is 7.36. The summed E-state index contributed by atoms with van der Waals surface area (Å²) in [6, 6.07) is 16.4. The van der Waals surface area contributed by atoms with Gasteiger partial charge >= 0.3 is 6.03 Å². The maximum atomic E-state index is 12.9. The fourth-order valence-corrected chi connectivity index (χ4v) is 5.21. The Balaban J connectivity index is 1.25. The van der Waals surface area contributed by atoms with Gasteiger partial charge in [-0.3, -0.25) is 0 Å². The Bertz CT molecular complexity index is 884. The Hall–Kier alpha value is -1.75. The normalized spacial score (nSPS) is 21.0. The molecule has 4 rings (SSSR count). The molecule has 0 N–H and O–H groups in total. The van der Waals surface area contributed by atoms with Crippen LogP contribution < -0.4 is 0 Å². The zero-order chi connectivity index (χ0) is 21.8. The molecule has 0 aliphatic carbocycles. The molecule has 2 heterocycles. The van der Waals surface area contributed by atoms with E-state index in [-0.39, 0.29) is 6.03 Å². The lowest BCUT2D eigenvalue weighted by molar-refractivity contribution is 0.0803. The molecule has 2 fully saturated rings. The van der Waals surface area contributed by atoms with Crippen molar-refractivity contribution < 1.29 is 4.79 Å². The van der Waals surface area contributed by atoms with Gasteiger partial charge in [-0.2, -0.15) is 0 Å². The lowest BCUT2D eigenvalue weighted by atomic mass is 9.90. The maximum absolute atomic E-state index is 12.9. The van der Waals surface area contributed by atoms with Crippen LogP contribution in [0.2, 0.25) is 10.0 Å². The molecule has 2 aliphatic rings. The minimum Gasteiger partial charge on any atom is -0.323 e. The molecule has 6 heteroatoms. The number of hydrogen-bond acceptors (Lipinski definition) is 2. The van der Waals surface area contributed by atoms with Crippen LogP contribution in [0.1, 0.15) is 30.4 Å². The van der Waals surface area contributed by atoms with Gasteiger partial charge in [-0.1, -0.05) is 53.5 Å². The summed E-state index contributed by atoms with van der Waals surface area (Å²) in [5.41, 5.74) is 2.34. The first-order valence-corrected chi connectivity index (χ1v) is 12.0. The number of carbonyl (C=O) groups is 1. The lowest BCUT2D eigenvalue weighted by Crippen LogP contribution is -2.56. The zero-order valence-electron chi connectivity index (χ0n) is 18.1. The number of likely N-dealkylation sites (N-methyl/N-ethyl adjacent to an activating group) is 1. The molecule has 4 nitrogen and oxygen atoms in total. The van der Waals surface area contributed by atoms with Gasteiger partial charge in [0.15, 0.2) is 0 Å². The van der Waals surface area contributed by atoms with Crippen LogP contribution in [-0.4, -0.2) is 60.0 Å². The summed E-state index contributed by atoms with van der Waals surface area (Å²) < 4.78 is 0. The predicted molar refractivity (Wildman–Crippen MR) is 128 cm³/mol. The van der Waals surface area contributed by atoms with Crippen molar-refractivity contribution in [2.24, 2.45) is 5.92 Å². The lowest BCUT2D eigenvalue weighted by Gasteiger charge is -2.42. The van der Waals surface area contributed by atoms with Crippen molar-refractivity contribution in [1.29, 1.82) is 0 Å². The van der Waals surface area contributed by atoms with Gasteiger partial charge in [0.2, 0.25) is 0 Å². The van der Waals surface area contributed by atoms with Crippen molar-refractivity contribution in [1.82, 2.24) is 14.7 Å². The van der Waals surface area contributed by atoms with Gasteiger partial charge in [-0.05, 0) is 74.0 Å². The first-order chi connectivity index (χ1) is 15.0. The van der Waals surface area contributed by atoms with E-state index >= 15 is 0 Å². The van der Waals surface area contributed by atoms with Gasteiger partial charge in [0.05, 0.1) is 0 Å². The van der Waals surface area contributed by atoms with Gasteiger partial charge in [0, 0.05) is 42.8 Å². The zero-order valence-corrected chi connectivity index (χ0v) is 19.7. The van der Waals surface area contributed by atoms with Crippen molar-refractivity contribution >= 4 is 29.2 Å². The van der Waals surface area contributed by atoms with Crippen LogP contribution in [0.3, 0.4) is 0 Å².